The second-order valence-electron chi connectivity index (χ2n) is 4.50. The van der Waals surface area contributed by atoms with Crippen LogP contribution in [0.2, 0.25) is 0 Å². The first-order chi connectivity index (χ1) is 7.63. The van der Waals surface area contributed by atoms with Crippen molar-refractivity contribution in [3.05, 3.63) is 29.3 Å². The fourth-order valence-corrected chi connectivity index (χ4v) is 1.94. The average Bonchev–Trinajstić information content (AvgIpc) is 2.30. The molecule has 16 heavy (non-hydrogen) atoms. The quantitative estimate of drug-likeness (QED) is 0.828. The van der Waals surface area contributed by atoms with Crippen LogP contribution in [0.15, 0.2) is 18.2 Å². The maximum absolute atomic E-state index is 5.81. The highest BCUT2D eigenvalue weighted by Crippen LogP contribution is 2.31. The van der Waals surface area contributed by atoms with Crippen LogP contribution in [-0.4, -0.2) is 13.7 Å². The van der Waals surface area contributed by atoms with Gasteiger partial charge in [-0.15, -0.1) is 0 Å². The van der Waals surface area contributed by atoms with E-state index in [-0.39, 0.29) is 0 Å². The van der Waals surface area contributed by atoms with Gasteiger partial charge in [-0.05, 0) is 42.0 Å². The zero-order valence-electron chi connectivity index (χ0n) is 10.8. The summed E-state index contributed by atoms with van der Waals surface area (Å²) in [6.07, 6.45) is 1.05. The number of hydrogen-bond acceptors (Lipinski definition) is 2. The van der Waals surface area contributed by atoms with Crippen LogP contribution in [0.4, 0.5) is 0 Å². The average molecular weight is 221 g/mol. The third kappa shape index (κ3) is 2.76. The summed E-state index contributed by atoms with van der Waals surface area (Å²) in [4.78, 5) is 0. The van der Waals surface area contributed by atoms with Crippen LogP contribution in [0.25, 0.3) is 0 Å². The Balaban J connectivity index is 3.15. The zero-order valence-corrected chi connectivity index (χ0v) is 10.8. The van der Waals surface area contributed by atoms with Crippen molar-refractivity contribution in [2.75, 3.05) is 13.7 Å². The Hall–Kier alpha value is -1.02. The second kappa shape index (κ2) is 5.90. The van der Waals surface area contributed by atoms with E-state index >= 15 is 0 Å². The van der Waals surface area contributed by atoms with Crippen molar-refractivity contribution in [3.63, 3.8) is 0 Å². The van der Waals surface area contributed by atoms with Gasteiger partial charge in [-0.1, -0.05) is 32.9 Å². The van der Waals surface area contributed by atoms with Gasteiger partial charge in [-0.2, -0.15) is 0 Å². The van der Waals surface area contributed by atoms with E-state index in [1.165, 1.54) is 11.1 Å². The fraction of sp³-hybridized carbons (Fsp3) is 0.571. The van der Waals surface area contributed by atoms with Crippen molar-refractivity contribution in [2.45, 2.75) is 39.0 Å². The van der Waals surface area contributed by atoms with Crippen LogP contribution in [0, 0.1) is 0 Å². The highest BCUT2D eigenvalue weighted by Gasteiger charge is 2.14. The van der Waals surface area contributed by atoms with Crippen LogP contribution in [0.3, 0.4) is 0 Å². The standard InChI is InChI=1S/C14H23NO/c1-5-11(9-15)13-8-12(10(2)3)6-7-14(13)16-4/h6-8,10-11H,5,9,15H2,1-4H3. The molecule has 2 heteroatoms. The van der Waals surface area contributed by atoms with E-state index in [1.54, 1.807) is 7.11 Å². The van der Waals surface area contributed by atoms with Gasteiger partial charge < -0.3 is 10.5 Å². The maximum Gasteiger partial charge on any atom is 0.122 e. The zero-order chi connectivity index (χ0) is 12.1. The van der Waals surface area contributed by atoms with Gasteiger partial charge in [0.05, 0.1) is 7.11 Å². The second-order valence-corrected chi connectivity index (χ2v) is 4.50. The molecule has 1 aromatic rings. The number of nitrogens with two attached hydrogens (primary N) is 1. The lowest BCUT2D eigenvalue weighted by Crippen LogP contribution is -2.13. The third-order valence-electron chi connectivity index (χ3n) is 3.14. The van der Waals surface area contributed by atoms with Crippen molar-refractivity contribution in [1.29, 1.82) is 0 Å². The minimum atomic E-state index is 0.397. The molecule has 0 bridgehead atoms. The topological polar surface area (TPSA) is 35.2 Å². The third-order valence-corrected chi connectivity index (χ3v) is 3.14. The predicted molar refractivity (Wildman–Crippen MR) is 69.2 cm³/mol. The number of hydrogen-bond donors (Lipinski definition) is 1. The molecule has 0 amide bonds. The van der Waals surface area contributed by atoms with Crippen molar-refractivity contribution in [1.82, 2.24) is 0 Å². The molecule has 1 atom stereocenters. The van der Waals surface area contributed by atoms with E-state index in [1.807, 2.05) is 0 Å². The van der Waals surface area contributed by atoms with E-state index in [9.17, 15) is 0 Å². The monoisotopic (exact) mass is 221 g/mol. The minimum absolute atomic E-state index is 0.397. The number of methoxy groups -OCH3 is 1. The molecule has 90 valence electrons. The molecule has 1 unspecified atom stereocenters. The van der Waals surface area contributed by atoms with Gasteiger partial charge in [0.15, 0.2) is 0 Å². The number of ether oxygens (including phenoxy) is 1. The number of benzene rings is 1. The lowest BCUT2D eigenvalue weighted by molar-refractivity contribution is 0.404. The Kier molecular flexibility index (Phi) is 4.81. The molecule has 1 rings (SSSR count). The first kappa shape index (κ1) is 13.0. The highest BCUT2D eigenvalue weighted by atomic mass is 16.5. The summed E-state index contributed by atoms with van der Waals surface area (Å²) in [5.74, 6) is 1.90. The summed E-state index contributed by atoms with van der Waals surface area (Å²) in [6, 6.07) is 6.43. The lowest BCUT2D eigenvalue weighted by Gasteiger charge is -2.18. The normalized spacial score (nSPS) is 12.9. The van der Waals surface area contributed by atoms with Gasteiger partial charge in [0.2, 0.25) is 0 Å². The van der Waals surface area contributed by atoms with E-state index in [0.717, 1.165) is 12.2 Å². The lowest BCUT2D eigenvalue weighted by atomic mass is 9.91. The molecule has 0 aliphatic heterocycles. The van der Waals surface area contributed by atoms with Gasteiger partial charge in [0.1, 0.15) is 5.75 Å². The molecule has 2 N–H and O–H groups in total. The van der Waals surface area contributed by atoms with Crippen molar-refractivity contribution in [3.8, 4) is 5.75 Å². The first-order valence-corrected chi connectivity index (χ1v) is 6.01. The van der Waals surface area contributed by atoms with Crippen LogP contribution < -0.4 is 10.5 Å². The molecule has 0 saturated carbocycles. The Bertz CT molecular complexity index is 330. The molecular weight excluding hydrogens is 198 g/mol. The van der Waals surface area contributed by atoms with E-state index < -0.39 is 0 Å². The molecule has 0 saturated heterocycles. The van der Waals surface area contributed by atoms with E-state index in [4.69, 9.17) is 10.5 Å². The van der Waals surface area contributed by atoms with Crippen LogP contribution in [-0.2, 0) is 0 Å². The highest BCUT2D eigenvalue weighted by molar-refractivity contribution is 5.40. The Labute approximate surface area is 98.8 Å². The molecule has 0 heterocycles. The van der Waals surface area contributed by atoms with Gasteiger partial charge >= 0.3 is 0 Å². The summed E-state index contributed by atoms with van der Waals surface area (Å²) in [7, 11) is 1.72. The smallest absolute Gasteiger partial charge is 0.122 e. The van der Waals surface area contributed by atoms with E-state index in [0.29, 0.717) is 18.4 Å². The van der Waals surface area contributed by atoms with Crippen molar-refractivity contribution >= 4 is 0 Å². The fourth-order valence-electron chi connectivity index (χ4n) is 1.94. The SMILES string of the molecule is CCC(CN)c1cc(C(C)C)ccc1OC. The Morgan fingerprint density at radius 1 is 1.31 bits per heavy atom. The summed E-state index contributed by atoms with van der Waals surface area (Å²) in [6.45, 7) is 7.25. The largest absolute Gasteiger partial charge is 0.496 e. The summed E-state index contributed by atoms with van der Waals surface area (Å²) >= 11 is 0. The molecule has 0 aliphatic rings. The molecule has 1 aromatic carbocycles. The van der Waals surface area contributed by atoms with E-state index in [2.05, 4.69) is 39.0 Å². The van der Waals surface area contributed by atoms with Crippen LogP contribution in [0.5, 0.6) is 5.75 Å². The molecule has 0 aliphatic carbocycles. The first-order valence-electron chi connectivity index (χ1n) is 6.01. The molecule has 0 aromatic heterocycles. The predicted octanol–water partition coefficient (Wildman–Crippen LogP) is 3.27. The summed E-state index contributed by atoms with van der Waals surface area (Å²) in [5.41, 5.74) is 8.41. The van der Waals surface area contributed by atoms with Crippen molar-refractivity contribution in [2.24, 2.45) is 5.73 Å². The maximum atomic E-state index is 5.81. The van der Waals surface area contributed by atoms with Gasteiger partial charge in [-0.25, -0.2) is 0 Å². The number of rotatable bonds is 5. The molecule has 0 radical (unpaired) electrons. The van der Waals surface area contributed by atoms with Gasteiger partial charge in [0.25, 0.3) is 0 Å². The van der Waals surface area contributed by atoms with Gasteiger partial charge in [-0.3, -0.25) is 0 Å². The molecule has 0 fully saturated rings. The molecule has 0 spiro atoms. The van der Waals surface area contributed by atoms with Crippen molar-refractivity contribution < 1.29 is 4.74 Å². The Morgan fingerprint density at radius 3 is 2.44 bits per heavy atom. The Morgan fingerprint density at radius 2 is 2.00 bits per heavy atom. The molecule has 2 nitrogen and oxygen atoms in total. The van der Waals surface area contributed by atoms with Crippen LogP contribution in [0.1, 0.15) is 50.2 Å². The molecular formula is C14H23NO. The minimum Gasteiger partial charge on any atom is -0.496 e. The van der Waals surface area contributed by atoms with Crippen LogP contribution >= 0.6 is 0 Å². The summed E-state index contributed by atoms with van der Waals surface area (Å²) < 4.78 is 5.41. The summed E-state index contributed by atoms with van der Waals surface area (Å²) in [5, 5.41) is 0. The van der Waals surface area contributed by atoms with Gasteiger partial charge in [0, 0.05) is 0 Å².